The summed E-state index contributed by atoms with van der Waals surface area (Å²) in [6, 6.07) is 7.98. The molecule has 0 aliphatic heterocycles. The first kappa shape index (κ1) is 16.8. The Morgan fingerprint density at radius 3 is 2.52 bits per heavy atom. The molecule has 21 heavy (non-hydrogen) atoms. The van der Waals surface area contributed by atoms with Crippen molar-refractivity contribution in [2.45, 2.75) is 19.9 Å². The molecule has 0 bridgehead atoms. The second kappa shape index (κ2) is 7.15. The van der Waals surface area contributed by atoms with Crippen molar-refractivity contribution in [1.29, 1.82) is 0 Å². The fraction of sp³-hybridized carbons (Fsp3) is 0.250. The number of benzene rings is 2. The molecule has 0 radical (unpaired) electrons. The van der Waals surface area contributed by atoms with Gasteiger partial charge in [-0.15, -0.1) is 0 Å². The monoisotopic (exact) mass is 465 g/mol. The van der Waals surface area contributed by atoms with Gasteiger partial charge in [0.25, 0.3) is 0 Å². The Kier molecular flexibility index (Phi) is 5.73. The molecule has 0 aliphatic rings. The van der Waals surface area contributed by atoms with Gasteiger partial charge in [-0.05, 0) is 77.5 Å². The number of hydrogen-bond donors (Lipinski definition) is 1. The molecule has 2 aromatic rings. The molecule has 0 saturated carbocycles. The molecule has 1 unspecified atom stereocenters. The SMILES string of the molecule is CCNC(c1cc(F)c(C)cc1F)c1cc(I)ccc1Br. The summed E-state index contributed by atoms with van der Waals surface area (Å²) in [5, 5.41) is 3.23. The van der Waals surface area contributed by atoms with E-state index in [4.69, 9.17) is 0 Å². The van der Waals surface area contributed by atoms with E-state index in [9.17, 15) is 8.78 Å². The Bertz CT molecular complexity index is 661. The molecule has 1 N–H and O–H groups in total. The van der Waals surface area contributed by atoms with E-state index in [0.717, 1.165) is 13.6 Å². The first-order chi connectivity index (χ1) is 9.93. The van der Waals surface area contributed by atoms with Crippen molar-refractivity contribution < 1.29 is 8.78 Å². The quantitative estimate of drug-likeness (QED) is 0.601. The van der Waals surface area contributed by atoms with E-state index in [1.165, 1.54) is 12.1 Å². The summed E-state index contributed by atoms with van der Waals surface area (Å²) in [6.07, 6.45) is 0. The lowest BCUT2D eigenvalue weighted by molar-refractivity contribution is 0.540. The van der Waals surface area contributed by atoms with Gasteiger partial charge in [0.2, 0.25) is 0 Å². The third-order valence-electron chi connectivity index (χ3n) is 3.27. The maximum Gasteiger partial charge on any atom is 0.128 e. The maximum absolute atomic E-state index is 14.3. The van der Waals surface area contributed by atoms with E-state index < -0.39 is 17.7 Å². The molecule has 0 spiro atoms. The summed E-state index contributed by atoms with van der Waals surface area (Å²) in [6.45, 7) is 4.15. The van der Waals surface area contributed by atoms with E-state index in [1.807, 2.05) is 25.1 Å². The van der Waals surface area contributed by atoms with Crippen LogP contribution in [-0.2, 0) is 0 Å². The van der Waals surface area contributed by atoms with Crippen molar-refractivity contribution in [3.05, 3.63) is 66.7 Å². The van der Waals surface area contributed by atoms with Gasteiger partial charge in [-0.2, -0.15) is 0 Å². The van der Waals surface area contributed by atoms with Crippen LogP contribution in [0.1, 0.15) is 29.7 Å². The first-order valence-corrected chi connectivity index (χ1v) is 8.45. The molecule has 0 heterocycles. The van der Waals surface area contributed by atoms with E-state index in [-0.39, 0.29) is 0 Å². The zero-order chi connectivity index (χ0) is 15.6. The molecule has 2 aromatic carbocycles. The van der Waals surface area contributed by atoms with Crippen molar-refractivity contribution >= 4 is 38.5 Å². The van der Waals surface area contributed by atoms with Gasteiger partial charge in [0.05, 0.1) is 6.04 Å². The van der Waals surface area contributed by atoms with Crippen LogP contribution in [0.2, 0.25) is 0 Å². The summed E-state index contributed by atoms with van der Waals surface area (Å²) in [4.78, 5) is 0. The topological polar surface area (TPSA) is 12.0 Å². The summed E-state index contributed by atoms with van der Waals surface area (Å²) in [7, 11) is 0. The molecule has 112 valence electrons. The van der Waals surface area contributed by atoms with Gasteiger partial charge < -0.3 is 5.32 Å². The largest absolute Gasteiger partial charge is 0.306 e. The zero-order valence-corrected chi connectivity index (χ0v) is 15.4. The summed E-state index contributed by atoms with van der Waals surface area (Å²) in [5.74, 6) is -0.790. The van der Waals surface area contributed by atoms with E-state index in [2.05, 4.69) is 43.8 Å². The minimum atomic E-state index is -0.398. The van der Waals surface area contributed by atoms with Gasteiger partial charge in [0.15, 0.2) is 0 Å². The summed E-state index contributed by atoms with van der Waals surface area (Å²) >= 11 is 5.70. The van der Waals surface area contributed by atoms with Crippen molar-refractivity contribution in [3.8, 4) is 0 Å². The van der Waals surface area contributed by atoms with Crippen LogP contribution in [0.4, 0.5) is 8.78 Å². The Morgan fingerprint density at radius 1 is 1.14 bits per heavy atom. The maximum atomic E-state index is 14.3. The highest BCUT2D eigenvalue weighted by Gasteiger charge is 2.21. The van der Waals surface area contributed by atoms with Crippen LogP contribution in [0.3, 0.4) is 0 Å². The van der Waals surface area contributed by atoms with E-state index >= 15 is 0 Å². The predicted molar refractivity (Wildman–Crippen MR) is 93.5 cm³/mol. The van der Waals surface area contributed by atoms with Gasteiger partial charge in [-0.3, -0.25) is 0 Å². The average molecular weight is 466 g/mol. The Balaban J connectivity index is 2.58. The second-order valence-corrected chi connectivity index (χ2v) is 6.88. The summed E-state index contributed by atoms with van der Waals surface area (Å²) in [5.41, 5.74) is 1.53. The highest BCUT2D eigenvalue weighted by Crippen LogP contribution is 2.32. The lowest BCUT2D eigenvalue weighted by Crippen LogP contribution is -2.24. The van der Waals surface area contributed by atoms with E-state index in [1.54, 1.807) is 6.92 Å². The molecule has 0 amide bonds. The number of aryl methyl sites for hydroxylation is 1. The van der Waals surface area contributed by atoms with Crippen LogP contribution in [-0.4, -0.2) is 6.54 Å². The molecular formula is C16H15BrF2IN. The van der Waals surface area contributed by atoms with Crippen LogP contribution < -0.4 is 5.32 Å². The van der Waals surface area contributed by atoms with Gasteiger partial charge in [-0.1, -0.05) is 22.9 Å². The fourth-order valence-corrected chi connectivity index (χ4v) is 3.20. The number of rotatable bonds is 4. The minimum Gasteiger partial charge on any atom is -0.306 e. The predicted octanol–water partition coefficient (Wildman–Crippen LogP) is 5.34. The lowest BCUT2D eigenvalue weighted by Gasteiger charge is -2.21. The van der Waals surface area contributed by atoms with Crippen LogP contribution >= 0.6 is 38.5 Å². The smallest absolute Gasteiger partial charge is 0.128 e. The zero-order valence-electron chi connectivity index (χ0n) is 11.7. The first-order valence-electron chi connectivity index (χ1n) is 6.58. The molecule has 2 rings (SSSR count). The van der Waals surface area contributed by atoms with Crippen molar-refractivity contribution in [2.75, 3.05) is 6.54 Å². The Labute approximate surface area is 145 Å². The lowest BCUT2D eigenvalue weighted by atomic mass is 9.97. The molecule has 0 saturated heterocycles. The Morgan fingerprint density at radius 2 is 1.86 bits per heavy atom. The van der Waals surface area contributed by atoms with Gasteiger partial charge in [0.1, 0.15) is 11.6 Å². The fourth-order valence-electron chi connectivity index (χ4n) is 2.21. The average Bonchev–Trinajstić information content (AvgIpc) is 2.43. The number of hydrogen-bond acceptors (Lipinski definition) is 1. The molecule has 0 aromatic heterocycles. The van der Waals surface area contributed by atoms with Gasteiger partial charge in [0, 0.05) is 13.6 Å². The van der Waals surface area contributed by atoms with Gasteiger partial charge in [-0.25, -0.2) is 8.78 Å². The third kappa shape index (κ3) is 3.81. The highest BCUT2D eigenvalue weighted by atomic mass is 127. The van der Waals surface area contributed by atoms with Crippen molar-refractivity contribution in [1.82, 2.24) is 5.32 Å². The number of nitrogens with one attached hydrogen (secondary N) is 1. The molecular weight excluding hydrogens is 451 g/mol. The van der Waals surface area contributed by atoms with Crippen molar-refractivity contribution in [3.63, 3.8) is 0 Å². The van der Waals surface area contributed by atoms with E-state index in [0.29, 0.717) is 17.7 Å². The highest BCUT2D eigenvalue weighted by molar-refractivity contribution is 14.1. The number of halogens is 4. The minimum absolute atomic E-state index is 0.313. The molecule has 1 atom stereocenters. The molecule has 1 nitrogen and oxygen atoms in total. The molecule has 5 heteroatoms. The normalized spacial score (nSPS) is 12.5. The van der Waals surface area contributed by atoms with Crippen molar-refractivity contribution in [2.24, 2.45) is 0 Å². The molecule has 0 aliphatic carbocycles. The van der Waals surface area contributed by atoms with Crippen LogP contribution in [0, 0.1) is 22.1 Å². The summed E-state index contributed by atoms with van der Waals surface area (Å²) < 4.78 is 30.1. The van der Waals surface area contributed by atoms with Gasteiger partial charge >= 0.3 is 0 Å². The van der Waals surface area contributed by atoms with Crippen LogP contribution in [0.5, 0.6) is 0 Å². The second-order valence-electron chi connectivity index (χ2n) is 4.78. The van der Waals surface area contributed by atoms with Crippen LogP contribution in [0.15, 0.2) is 34.8 Å². The standard InChI is InChI=1S/C16H15BrF2IN/c1-3-21-16(11-7-10(20)4-5-13(11)17)12-8-14(18)9(2)6-15(12)19/h4-8,16,21H,3H2,1-2H3. The Hall–Kier alpha value is -0.530. The molecule has 0 fully saturated rings. The third-order valence-corrected chi connectivity index (χ3v) is 4.66. The van der Waals surface area contributed by atoms with Crippen LogP contribution in [0.25, 0.3) is 0 Å².